The largest absolute Gasteiger partial charge is 0.487 e. The molecule has 2 saturated heterocycles. The molecule has 0 aliphatic carbocycles. The van der Waals surface area contributed by atoms with E-state index < -0.39 is 17.8 Å². The third-order valence-corrected chi connectivity index (χ3v) is 8.68. The van der Waals surface area contributed by atoms with Gasteiger partial charge < -0.3 is 19.1 Å². The summed E-state index contributed by atoms with van der Waals surface area (Å²) < 4.78 is 57.9. The molecule has 13 heteroatoms. The van der Waals surface area contributed by atoms with Crippen LogP contribution < -0.4 is 9.64 Å². The number of aryl methyl sites for hydroxylation is 1. The van der Waals surface area contributed by atoms with Gasteiger partial charge >= 0.3 is 12.1 Å². The lowest BCUT2D eigenvalue weighted by molar-refractivity contribution is -0.148. The number of Topliss-reactive ketones (excluding diaryl/α,β-unsaturated/α-hetero) is 1. The molecule has 2 aromatic heterocycles. The minimum Gasteiger partial charge on any atom is -0.487 e. The number of halogens is 3. The van der Waals surface area contributed by atoms with Crippen molar-refractivity contribution in [2.24, 2.45) is 5.92 Å². The molecule has 43 heavy (non-hydrogen) atoms. The van der Waals surface area contributed by atoms with E-state index in [1.165, 1.54) is 23.6 Å². The number of hydrogen-bond donors (Lipinski definition) is 0. The predicted molar refractivity (Wildman–Crippen MR) is 153 cm³/mol. The van der Waals surface area contributed by atoms with Crippen LogP contribution in [0.15, 0.2) is 30.6 Å². The lowest BCUT2D eigenvalue weighted by Crippen LogP contribution is -2.37. The highest BCUT2D eigenvalue weighted by molar-refractivity contribution is 7.12. The van der Waals surface area contributed by atoms with Crippen LogP contribution in [0, 0.1) is 5.92 Å². The number of rotatable bonds is 10. The zero-order valence-electron chi connectivity index (χ0n) is 24.0. The van der Waals surface area contributed by atoms with Crippen LogP contribution in [-0.4, -0.2) is 65.7 Å². The number of piperidine rings is 1. The molecule has 0 amide bonds. The molecule has 0 spiro atoms. The molecule has 0 unspecified atom stereocenters. The molecular weight excluding hydrogens is 585 g/mol. The molecule has 2 aliphatic rings. The molecule has 2 fully saturated rings. The number of ketones is 1. The van der Waals surface area contributed by atoms with Crippen LogP contribution in [0.5, 0.6) is 5.75 Å². The topological polar surface area (TPSA) is 104 Å². The Morgan fingerprint density at radius 2 is 1.91 bits per heavy atom. The summed E-state index contributed by atoms with van der Waals surface area (Å²) in [7, 11) is 0. The quantitative estimate of drug-likeness (QED) is 0.214. The number of carbonyl (C=O) groups excluding carboxylic acids is 2. The minimum absolute atomic E-state index is 0.0500. The first kappa shape index (κ1) is 30.9. The van der Waals surface area contributed by atoms with E-state index in [1.54, 1.807) is 19.2 Å². The molecule has 230 valence electrons. The molecular formula is C30H33F3N4O5S. The van der Waals surface area contributed by atoms with E-state index in [2.05, 4.69) is 15.0 Å². The fourth-order valence-electron chi connectivity index (χ4n) is 5.19. The van der Waals surface area contributed by atoms with E-state index >= 15 is 0 Å². The maximum Gasteiger partial charge on any atom is 0.419 e. The monoisotopic (exact) mass is 618 g/mol. The van der Waals surface area contributed by atoms with Gasteiger partial charge in [0, 0.05) is 30.0 Å². The Kier molecular flexibility index (Phi) is 9.60. The minimum atomic E-state index is -4.62. The van der Waals surface area contributed by atoms with Crippen LogP contribution in [0.4, 0.5) is 19.0 Å². The van der Waals surface area contributed by atoms with Crippen molar-refractivity contribution in [2.45, 2.75) is 58.2 Å². The van der Waals surface area contributed by atoms with Gasteiger partial charge in [0.15, 0.2) is 5.78 Å². The van der Waals surface area contributed by atoms with Gasteiger partial charge in [-0.1, -0.05) is 6.92 Å². The maximum absolute atomic E-state index is 14.0. The summed E-state index contributed by atoms with van der Waals surface area (Å²) in [6, 6.07) is 3.96. The van der Waals surface area contributed by atoms with Gasteiger partial charge in [-0.15, -0.1) is 11.3 Å². The molecule has 0 radical (unpaired) electrons. The number of aromatic nitrogens is 3. The third kappa shape index (κ3) is 7.32. The molecule has 0 N–H and O–H groups in total. The number of carbonyl (C=O) groups is 2. The van der Waals surface area contributed by atoms with Crippen molar-refractivity contribution in [3.05, 3.63) is 51.7 Å². The summed E-state index contributed by atoms with van der Waals surface area (Å²) in [4.78, 5) is 41.1. The molecule has 3 aromatic rings. The first-order valence-electron chi connectivity index (χ1n) is 14.4. The number of ether oxygens (including phenoxy) is 3. The van der Waals surface area contributed by atoms with Gasteiger partial charge in [-0.25, -0.2) is 15.0 Å². The Bertz CT molecular complexity index is 1430. The van der Waals surface area contributed by atoms with Crippen molar-refractivity contribution in [1.82, 2.24) is 15.0 Å². The van der Waals surface area contributed by atoms with Gasteiger partial charge in [-0.2, -0.15) is 13.2 Å². The number of esters is 1. The van der Waals surface area contributed by atoms with E-state index in [9.17, 15) is 22.8 Å². The number of anilines is 1. The van der Waals surface area contributed by atoms with E-state index in [0.29, 0.717) is 74.1 Å². The second-order valence-corrected chi connectivity index (χ2v) is 11.6. The molecule has 0 saturated carbocycles. The summed E-state index contributed by atoms with van der Waals surface area (Å²) in [6.45, 7) is 6.02. The smallest absolute Gasteiger partial charge is 0.419 e. The predicted octanol–water partition coefficient (Wildman–Crippen LogP) is 5.55. The normalized spacial score (nSPS) is 17.7. The molecule has 1 atom stereocenters. The Morgan fingerprint density at radius 1 is 1.12 bits per heavy atom. The van der Waals surface area contributed by atoms with Crippen molar-refractivity contribution in [1.29, 1.82) is 0 Å². The maximum atomic E-state index is 14.0. The van der Waals surface area contributed by atoms with Crippen molar-refractivity contribution in [3.63, 3.8) is 0 Å². The Hall–Kier alpha value is -3.58. The van der Waals surface area contributed by atoms with Gasteiger partial charge in [0.2, 0.25) is 0 Å². The van der Waals surface area contributed by atoms with Gasteiger partial charge in [0.25, 0.3) is 0 Å². The zero-order chi connectivity index (χ0) is 30.6. The van der Waals surface area contributed by atoms with Crippen LogP contribution in [0.1, 0.15) is 59.0 Å². The summed E-state index contributed by atoms with van der Waals surface area (Å²) in [6.07, 6.45) is 0.269. The van der Waals surface area contributed by atoms with Crippen LogP contribution in [0.2, 0.25) is 0 Å². The first-order chi connectivity index (χ1) is 20.7. The van der Waals surface area contributed by atoms with Gasteiger partial charge in [-0.3, -0.25) is 9.59 Å². The molecule has 4 heterocycles. The van der Waals surface area contributed by atoms with Crippen LogP contribution in [-0.2, 0) is 33.3 Å². The average molecular weight is 619 g/mol. The van der Waals surface area contributed by atoms with Gasteiger partial charge in [-0.05, 0) is 44.4 Å². The van der Waals surface area contributed by atoms with Gasteiger partial charge in [0.1, 0.15) is 28.4 Å². The first-order valence-corrected chi connectivity index (χ1v) is 15.2. The second-order valence-electron chi connectivity index (χ2n) is 10.4. The average Bonchev–Trinajstić information content (AvgIpc) is 3.67. The standard InChI is InChI=1S/C30H33F3N4O5S/c1-3-25-28(19-5-6-24(21(13-19)30(31,32)33)42-20-9-12-40-17-20)36-27(43-25)14-23(38)22-15-35-26(16-34-22)37-10-7-18(8-11-37)29(39)41-4-2/h5-6,13,15-16,18,20H,3-4,7-12,14,17H2,1-2H3/t20-/m1/s1. The van der Waals surface area contributed by atoms with E-state index in [-0.39, 0.29) is 42.1 Å². The van der Waals surface area contributed by atoms with Crippen LogP contribution in [0.3, 0.4) is 0 Å². The van der Waals surface area contributed by atoms with Crippen molar-refractivity contribution >= 4 is 28.9 Å². The highest BCUT2D eigenvalue weighted by atomic mass is 32.1. The number of thiazole rings is 1. The Morgan fingerprint density at radius 3 is 2.53 bits per heavy atom. The number of benzene rings is 1. The summed E-state index contributed by atoms with van der Waals surface area (Å²) in [5.74, 6) is -0.202. The summed E-state index contributed by atoms with van der Waals surface area (Å²) >= 11 is 1.30. The van der Waals surface area contributed by atoms with Crippen molar-refractivity contribution in [2.75, 3.05) is 37.8 Å². The lowest BCUT2D eigenvalue weighted by Gasteiger charge is -2.31. The molecule has 1 aromatic carbocycles. The number of alkyl halides is 3. The molecule has 5 rings (SSSR count). The summed E-state index contributed by atoms with van der Waals surface area (Å²) in [5.41, 5.74) is 0.0380. The lowest BCUT2D eigenvalue weighted by atomic mass is 9.97. The Balaban J connectivity index is 1.27. The number of hydrogen-bond acceptors (Lipinski definition) is 10. The molecule has 0 bridgehead atoms. The number of nitrogens with zero attached hydrogens (tertiary/aromatic N) is 4. The fraction of sp³-hybridized carbons (Fsp3) is 0.500. The van der Waals surface area contributed by atoms with E-state index in [1.807, 2.05) is 11.8 Å². The highest BCUT2D eigenvalue weighted by Crippen LogP contribution is 2.41. The van der Waals surface area contributed by atoms with E-state index in [0.717, 1.165) is 10.9 Å². The highest BCUT2D eigenvalue weighted by Gasteiger charge is 2.36. The van der Waals surface area contributed by atoms with Crippen molar-refractivity contribution < 1.29 is 37.0 Å². The van der Waals surface area contributed by atoms with Crippen LogP contribution >= 0.6 is 11.3 Å². The van der Waals surface area contributed by atoms with E-state index in [4.69, 9.17) is 14.2 Å². The molecule has 2 aliphatic heterocycles. The van der Waals surface area contributed by atoms with Gasteiger partial charge in [0.05, 0.1) is 55.8 Å². The van der Waals surface area contributed by atoms with Crippen molar-refractivity contribution in [3.8, 4) is 17.0 Å². The second kappa shape index (κ2) is 13.4. The summed E-state index contributed by atoms with van der Waals surface area (Å²) in [5, 5.41) is 0.487. The fourth-order valence-corrected chi connectivity index (χ4v) is 6.22. The Labute approximate surface area is 251 Å². The molecule has 9 nitrogen and oxygen atoms in total. The zero-order valence-corrected chi connectivity index (χ0v) is 24.8. The SMILES string of the molecule is CCOC(=O)C1CCN(c2cnc(C(=O)Cc3nc(-c4ccc(O[C@@H]5CCOC5)c(C(F)(F)F)c4)c(CC)s3)cn2)CC1. The third-order valence-electron chi connectivity index (χ3n) is 7.48. The van der Waals surface area contributed by atoms with Crippen LogP contribution in [0.25, 0.3) is 11.3 Å².